The van der Waals surface area contributed by atoms with Gasteiger partial charge >= 0.3 is 0 Å². The van der Waals surface area contributed by atoms with Crippen molar-refractivity contribution in [1.29, 1.82) is 0 Å². The van der Waals surface area contributed by atoms with E-state index in [4.69, 9.17) is 5.73 Å². The molecule has 0 radical (unpaired) electrons. The molecule has 0 atom stereocenters. The summed E-state index contributed by atoms with van der Waals surface area (Å²) >= 11 is 3.17. The topological polar surface area (TPSA) is 69.2 Å². The molecule has 5 heteroatoms. The summed E-state index contributed by atoms with van der Waals surface area (Å²) in [7, 11) is 0. The predicted octanol–water partition coefficient (Wildman–Crippen LogP) is 2.25. The van der Waals surface area contributed by atoms with Gasteiger partial charge in [-0.15, -0.1) is 0 Å². The molecule has 0 aliphatic heterocycles. The standard InChI is InChI=1S/C7H7BrN2O2/c1-4-2-3-5(10(11)12)7(9)6(4)8/h2-3H,9H2,1H3. The van der Waals surface area contributed by atoms with Crippen LogP contribution in [0.2, 0.25) is 0 Å². The monoisotopic (exact) mass is 230 g/mol. The van der Waals surface area contributed by atoms with Crippen LogP contribution < -0.4 is 5.73 Å². The van der Waals surface area contributed by atoms with Gasteiger partial charge in [0, 0.05) is 6.07 Å². The summed E-state index contributed by atoms with van der Waals surface area (Å²) in [6.45, 7) is 1.82. The fourth-order valence-electron chi connectivity index (χ4n) is 0.851. The summed E-state index contributed by atoms with van der Waals surface area (Å²) in [4.78, 5) is 9.89. The van der Waals surface area contributed by atoms with Crippen molar-refractivity contribution in [3.8, 4) is 0 Å². The molecule has 0 aromatic heterocycles. The molecule has 1 rings (SSSR count). The maximum Gasteiger partial charge on any atom is 0.293 e. The SMILES string of the molecule is Cc1ccc([N+](=O)[O-])c(N)c1Br. The fourth-order valence-corrected chi connectivity index (χ4v) is 1.19. The molecule has 0 unspecified atom stereocenters. The van der Waals surface area contributed by atoms with Gasteiger partial charge in [-0.3, -0.25) is 10.1 Å². The Morgan fingerprint density at radius 1 is 1.58 bits per heavy atom. The van der Waals surface area contributed by atoms with Crippen LogP contribution in [-0.4, -0.2) is 4.92 Å². The van der Waals surface area contributed by atoms with E-state index < -0.39 is 4.92 Å². The second-order valence-corrected chi connectivity index (χ2v) is 3.18. The fraction of sp³-hybridized carbons (Fsp3) is 0.143. The summed E-state index contributed by atoms with van der Waals surface area (Å²) in [5, 5.41) is 10.4. The van der Waals surface area contributed by atoms with E-state index in [1.165, 1.54) is 6.07 Å². The minimum absolute atomic E-state index is 0.0625. The van der Waals surface area contributed by atoms with Crippen LogP contribution in [0.15, 0.2) is 16.6 Å². The molecule has 0 heterocycles. The number of nitrogen functional groups attached to an aromatic ring is 1. The summed E-state index contributed by atoms with van der Waals surface area (Å²) in [5.41, 5.74) is 6.50. The van der Waals surface area contributed by atoms with Crippen molar-refractivity contribution in [2.75, 3.05) is 5.73 Å². The predicted molar refractivity (Wildman–Crippen MR) is 49.9 cm³/mol. The van der Waals surface area contributed by atoms with E-state index in [1.807, 2.05) is 6.92 Å². The van der Waals surface area contributed by atoms with E-state index in [0.717, 1.165) is 5.56 Å². The number of rotatable bonds is 1. The van der Waals surface area contributed by atoms with Crippen molar-refractivity contribution in [3.63, 3.8) is 0 Å². The van der Waals surface area contributed by atoms with Crippen LogP contribution in [0.4, 0.5) is 11.4 Å². The highest BCUT2D eigenvalue weighted by molar-refractivity contribution is 9.10. The van der Waals surface area contributed by atoms with Crippen molar-refractivity contribution in [1.82, 2.24) is 0 Å². The molecule has 0 saturated carbocycles. The molecule has 0 amide bonds. The van der Waals surface area contributed by atoms with Gasteiger partial charge in [-0.2, -0.15) is 0 Å². The van der Waals surface area contributed by atoms with Crippen LogP contribution in [0, 0.1) is 17.0 Å². The van der Waals surface area contributed by atoms with Crippen LogP contribution >= 0.6 is 15.9 Å². The van der Waals surface area contributed by atoms with E-state index >= 15 is 0 Å². The third-order valence-corrected chi connectivity index (χ3v) is 2.60. The lowest BCUT2D eigenvalue weighted by Gasteiger charge is -2.01. The first-order valence-corrected chi connectivity index (χ1v) is 4.02. The Balaban J connectivity index is 3.36. The number of hydrogen-bond donors (Lipinski definition) is 1. The number of halogens is 1. The lowest BCUT2D eigenvalue weighted by molar-refractivity contribution is -0.384. The first-order chi connectivity index (χ1) is 5.54. The molecule has 12 heavy (non-hydrogen) atoms. The second kappa shape index (κ2) is 3.10. The second-order valence-electron chi connectivity index (χ2n) is 2.39. The lowest BCUT2D eigenvalue weighted by atomic mass is 10.2. The number of aryl methyl sites for hydroxylation is 1. The third kappa shape index (κ3) is 1.40. The molecule has 64 valence electrons. The quantitative estimate of drug-likeness (QED) is 0.457. The zero-order valence-electron chi connectivity index (χ0n) is 6.37. The first-order valence-electron chi connectivity index (χ1n) is 3.23. The summed E-state index contributed by atoms with van der Waals surface area (Å²) in [6, 6.07) is 3.05. The average molecular weight is 231 g/mol. The zero-order valence-corrected chi connectivity index (χ0v) is 7.96. The summed E-state index contributed by atoms with van der Waals surface area (Å²) in [5.74, 6) is 0. The van der Waals surface area contributed by atoms with E-state index in [9.17, 15) is 10.1 Å². The number of nitrogens with zero attached hydrogens (tertiary/aromatic N) is 1. The lowest BCUT2D eigenvalue weighted by Crippen LogP contribution is -1.97. The normalized spacial score (nSPS) is 9.83. The Morgan fingerprint density at radius 2 is 2.17 bits per heavy atom. The smallest absolute Gasteiger partial charge is 0.293 e. The molecule has 0 fully saturated rings. The molecule has 0 aliphatic carbocycles. The highest BCUT2D eigenvalue weighted by Gasteiger charge is 2.14. The van der Waals surface area contributed by atoms with Gasteiger partial charge in [-0.1, -0.05) is 6.07 Å². The number of nitro benzene ring substituents is 1. The first kappa shape index (κ1) is 8.99. The summed E-state index contributed by atoms with van der Waals surface area (Å²) < 4.78 is 0.594. The van der Waals surface area contributed by atoms with Crippen molar-refractivity contribution in [3.05, 3.63) is 32.3 Å². The molecule has 0 saturated heterocycles. The molecule has 4 nitrogen and oxygen atoms in total. The Hall–Kier alpha value is -1.10. The van der Waals surface area contributed by atoms with Crippen molar-refractivity contribution in [2.45, 2.75) is 6.92 Å². The third-order valence-electron chi connectivity index (χ3n) is 1.55. The Morgan fingerprint density at radius 3 is 2.67 bits per heavy atom. The van der Waals surface area contributed by atoms with E-state index in [-0.39, 0.29) is 11.4 Å². The van der Waals surface area contributed by atoms with Gasteiger partial charge in [0.1, 0.15) is 5.69 Å². The van der Waals surface area contributed by atoms with Crippen LogP contribution in [0.5, 0.6) is 0 Å². The Bertz CT molecular complexity index is 338. The maximum atomic E-state index is 10.4. The van der Waals surface area contributed by atoms with Gasteiger partial charge in [-0.05, 0) is 28.4 Å². The summed E-state index contributed by atoms with van der Waals surface area (Å²) in [6.07, 6.45) is 0. The molecule has 0 bridgehead atoms. The van der Waals surface area contributed by atoms with Gasteiger partial charge in [-0.25, -0.2) is 0 Å². The molecule has 0 aliphatic rings. The molecule has 0 spiro atoms. The van der Waals surface area contributed by atoms with Gasteiger partial charge in [0.25, 0.3) is 5.69 Å². The van der Waals surface area contributed by atoms with E-state index in [1.54, 1.807) is 6.07 Å². The molecule has 2 N–H and O–H groups in total. The van der Waals surface area contributed by atoms with Crippen molar-refractivity contribution < 1.29 is 4.92 Å². The van der Waals surface area contributed by atoms with Gasteiger partial charge < -0.3 is 5.73 Å². The zero-order chi connectivity index (χ0) is 9.30. The van der Waals surface area contributed by atoms with Crippen molar-refractivity contribution >= 4 is 27.3 Å². The Kier molecular flexibility index (Phi) is 2.32. The minimum Gasteiger partial charge on any atom is -0.392 e. The van der Waals surface area contributed by atoms with Crippen LogP contribution in [-0.2, 0) is 0 Å². The molecular formula is C7H7BrN2O2. The van der Waals surface area contributed by atoms with Gasteiger partial charge in [0.2, 0.25) is 0 Å². The molecular weight excluding hydrogens is 224 g/mol. The van der Waals surface area contributed by atoms with Gasteiger partial charge in [0.05, 0.1) is 9.40 Å². The van der Waals surface area contributed by atoms with E-state index in [0.29, 0.717) is 4.47 Å². The number of benzene rings is 1. The number of nitrogens with two attached hydrogens (primary N) is 1. The minimum atomic E-state index is -0.500. The largest absolute Gasteiger partial charge is 0.392 e. The molecule has 1 aromatic rings. The van der Waals surface area contributed by atoms with Gasteiger partial charge in [0.15, 0.2) is 0 Å². The van der Waals surface area contributed by atoms with E-state index in [2.05, 4.69) is 15.9 Å². The molecule has 1 aromatic carbocycles. The number of hydrogen-bond acceptors (Lipinski definition) is 3. The number of nitro groups is 1. The highest BCUT2D eigenvalue weighted by atomic mass is 79.9. The Labute approximate surface area is 77.7 Å². The maximum absolute atomic E-state index is 10.4. The number of anilines is 1. The van der Waals surface area contributed by atoms with Crippen molar-refractivity contribution in [2.24, 2.45) is 0 Å². The van der Waals surface area contributed by atoms with Crippen LogP contribution in [0.3, 0.4) is 0 Å². The van der Waals surface area contributed by atoms with Crippen LogP contribution in [0.25, 0.3) is 0 Å². The highest BCUT2D eigenvalue weighted by Crippen LogP contribution is 2.31. The average Bonchev–Trinajstić information content (AvgIpc) is 2.00. The van der Waals surface area contributed by atoms with Crippen LogP contribution in [0.1, 0.15) is 5.56 Å².